The number of halogens is 2. The molecule has 0 atom stereocenters. The van der Waals surface area contributed by atoms with Crippen LogP contribution in [-0.4, -0.2) is 64.4 Å². The van der Waals surface area contributed by atoms with Crippen molar-refractivity contribution in [2.45, 2.75) is 12.8 Å². The van der Waals surface area contributed by atoms with Gasteiger partial charge in [-0.1, -0.05) is 23.2 Å². The highest BCUT2D eigenvalue weighted by atomic mass is 35.5. The fourth-order valence-corrected chi connectivity index (χ4v) is 5.90. The van der Waals surface area contributed by atoms with Crippen molar-refractivity contribution in [3.05, 3.63) is 40.5 Å². The molecule has 162 valence electrons. The van der Waals surface area contributed by atoms with Gasteiger partial charge >= 0.3 is 11.9 Å². The predicted molar refractivity (Wildman–Crippen MR) is 114 cm³/mol. The lowest BCUT2D eigenvalue weighted by Gasteiger charge is -2.42. The van der Waals surface area contributed by atoms with Crippen LogP contribution in [0.3, 0.4) is 0 Å². The molecule has 11 heteroatoms. The molecule has 30 heavy (non-hydrogen) atoms. The number of nitrogens with zero attached hydrogens (tertiary/aromatic N) is 3. The van der Waals surface area contributed by atoms with Crippen molar-refractivity contribution in [2.24, 2.45) is 0 Å². The number of carbonyl (C=O) groups excluding carboxylic acids is 2. The van der Waals surface area contributed by atoms with Crippen molar-refractivity contribution in [3.8, 4) is 11.6 Å². The van der Waals surface area contributed by atoms with Gasteiger partial charge in [0, 0.05) is 25.4 Å². The summed E-state index contributed by atoms with van der Waals surface area (Å²) in [5, 5.41) is 5.37. The first kappa shape index (κ1) is 21.3. The number of hydrogen-bond acceptors (Lipinski definition) is 7. The van der Waals surface area contributed by atoms with E-state index in [4.69, 9.17) is 36.3 Å². The molecule has 4 rings (SSSR count). The third kappa shape index (κ3) is 4.85. The number of hydrogen-bond donors (Lipinski definition) is 0. The van der Waals surface area contributed by atoms with E-state index in [0.717, 1.165) is 38.2 Å². The molecule has 2 saturated heterocycles. The Hall–Kier alpha value is -1.94. The van der Waals surface area contributed by atoms with Crippen molar-refractivity contribution < 1.29 is 22.7 Å². The van der Waals surface area contributed by atoms with Crippen LogP contribution in [0.2, 0.25) is 10.0 Å². The summed E-state index contributed by atoms with van der Waals surface area (Å²) < 4.78 is 17.8. The van der Waals surface area contributed by atoms with Gasteiger partial charge in [-0.25, -0.2) is 14.3 Å². The van der Waals surface area contributed by atoms with Crippen molar-refractivity contribution in [1.29, 1.82) is 0 Å². The number of rotatable bonds is 7. The molecule has 2 aliphatic rings. The minimum absolute atomic E-state index is 0.474. The van der Waals surface area contributed by atoms with Crippen LogP contribution in [0.25, 0.3) is 5.69 Å². The number of unbranched alkanes of at least 4 members (excludes halogenated alkanes) is 1. The zero-order chi connectivity index (χ0) is 21.1. The lowest BCUT2D eigenvalue weighted by atomic mass is 10.3. The Bertz CT molecular complexity index is 928. The Morgan fingerprint density at radius 2 is 1.77 bits per heavy atom. The fourth-order valence-electron chi connectivity index (χ4n) is 3.27. The Morgan fingerprint density at radius 1 is 1.03 bits per heavy atom. The molecule has 0 aliphatic carbocycles. The van der Waals surface area contributed by atoms with E-state index >= 15 is 0 Å². The van der Waals surface area contributed by atoms with Gasteiger partial charge in [0.1, 0.15) is 0 Å². The molecule has 2 aliphatic heterocycles. The normalized spacial score (nSPS) is 19.5. The summed E-state index contributed by atoms with van der Waals surface area (Å²) in [4.78, 5) is 24.8. The van der Waals surface area contributed by atoms with E-state index in [1.54, 1.807) is 22.9 Å². The summed E-state index contributed by atoms with van der Waals surface area (Å²) >= 11 is 12.0. The number of aromatic nitrogens is 2. The van der Waals surface area contributed by atoms with Gasteiger partial charge in [-0.3, -0.25) is 0 Å². The van der Waals surface area contributed by atoms with Crippen LogP contribution >= 0.6 is 33.8 Å². The molecule has 0 saturated carbocycles. The molecule has 2 aromatic rings. The topological polar surface area (TPSA) is 82.9 Å². The highest BCUT2D eigenvalue weighted by Crippen LogP contribution is 2.55. The molecule has 1 spiro atoms. The monoisotopic (exact) mass is 473 g/mol. The minimum Gasteiger partial charge on any atom is -0.477 e. The molecule has 8 nitrogen and oxygen atoms in total. The standard InChI is InChI=1S/C19H21Cl2N3O5S/c20-15-4-3-14(13-16(15)21)24-7-5-17(22-24)27-10-2-1-6-23-8-11-30(12-9-23)28-18(25)19(26)29-30/h3-5,7,13H,1-2,6,8-12H2. The predicted octanol–water partition coefficient (Wildman–Crippen LogP) is 3.39. The van der Waals surface area contributed by atoms with Crippen LogP contribution in [0.5, 0.6) is 5.88 Å². The van der Waals surface area contributed by atoms with Crippen LogP contribution in [-0.2, 0) is 18.0 Å². The molecule has 3 heterocycles. The van der Waals surface area contributed by atoms with Gasteiger partial charge in [0.15, 0.2) is 0 Å². The third-order valence-electron chi connectivity index (χ3n) is 4.91. The SMILES string of the molecule is O=C1OS2(CCN(CCCCOc3ccn(-c4ccc(Cl)c(Cl)c4)n3)CC2)OC1=O. The minimum atomic E-state index is -1.98. The Kier molecular flexibility index (Phi) is 6.43. The summed E-state index contributed by atoms with van der Waals surface area (Å²) in [6.07, 6.45) is 3.66. The van der Waals surface area contributed by atoms with Gasteiger partial charge in [-0.2, -0.15) is 0 Å². The molecule has 2 fully saturated rings. The zero-order valence-corrected chi connectivity index (χ0v) is 18.4. The van der Waals surface area contributed by atoms with Crippen LogP contribution < -0.4 is 4.74 Å². The Balaban J connectivity index is 1.15. The first-order chi connectivity index (χ1) is 14.4. The van der Waals surface area contributed by atoms with Crippen molar-refractivity contribution in [1.82, 2.24) is 14.7 Å². The molecule has 0 N–H and O–H groups in total. The van der Waals surface area contributed by atoms with E-state index in [1.807, 2.05) is 12.3 Å². The van der Waals surface area contributed by atoms with Gasteiger partial charge in [0.05, 0.1) is 33.8 Å². The molecule has 0 bridgehead atoms. The molecular formula is C19H21Cl2N3O5S. The second-order valence-corrected chi connectivity index (χ2v) is 10.4. The molecular weight excluding hydrogens is 453 g/mol. The van der Waals surface area contributed by atoms with Crippen molar-refractivity contribution >= 4 is 45.7 Å². The van der Waals surface area contributed by atoms with Gasteiger partial charge in [-0.05, 0) is 37.6 Å². The van der Waals surface area contributed by atoms with E-state index in [9.17, 15) is 9.59 Å². The van der Waals surface area contributed by atoms with E-state index in [1.165, 1.54) is 0 Å². The fraction of sp³-hybridized carbons (Fsp3) is 0.421. The number of benzene rings is 1. The van der Waals surface area contributed by atoms with E-state index in [0.29, 0.717) is 34.0 Å². The largest absolute Gasteiger partial charge is 0.477 e. The second kappa shape index (κ2) is 9.05. The lowest BCUT2D eigenvalue weighted by Crippen LogP contribution is -2.39. The number of ether oxygens (including phenoxy) is 1. The summed E-state index contributed by atoms with van der Waals surface area (Å²) in [6.45, 7) is 2.99. The first-order valence-electron chi connectivity index (χ1n) is 9.56. The third-order valence-corrected chi connectivity index (χ3v) is 8.17. The average Bonchev–Trinajstić information content (AvgIpc) is 3.30. The van der Waals surface area contributed by atoms with E-state index < -0.39 is 22.5 Å². The van der Waals surface area contributed by atoms with E-state index in [-0.39, 0.29) is 0 Å². The van der Waals surface area contributed by atoms with Crippen LogP contribution in [0, 0.1) is 0 Å². The maximum atomic E-state index is 11.3. The van der Waals surface area contributed by atoms with Crippen molar-refractivity contribution in [3.63, 3.8) is 0 Å². The smallest absolute Gasteiger partial charge is 0.441 e. The molecule has 1 aromatic heterocycles. The van der Waals surface area contributed by atoms with Gasteiger partial charge in [-0.15, -0.1) is 15.7 Å². The highest BCUT2D eigenvalue weighted by molar-refractivity contribution is 8.27. The first-order valence-corrected chi connectivity index (χ1v) is 12.1. The Labute approximate surface area is 185 Å². The second-order valence-electron chi connectivity index (χ2n) is 6.99. The summed E-state index contributed by atoms with van der Waals surface area (Å²) in [7, 11) is -1.98. The number of carbonyl (C=O) groups is 2. The van der Waals surface area contributed by atoms with Gasteiger partial charge < -0.3 is 18.0 Å². The zero-order valence-electron chi connectivity index (χ0n) is 16.1. The molecule has 0 amide bonds. The maximum Gasteiger partial charge on any atom is 0.441 e. The van der Waals surface area contributed by atoms with Crippen molar-refractivity contribution in [2.75, 3.05) is 37.7 Å². The van der Waals surface area contributed by atoms with Gasteiger partial charge in [0.25, 0.3) is 0 Å². The van der Waals surface area contributed by atoms with Crippen LogP contribution in [0.1, 0.15) is 12.8 Å². The average molecular weight is 474 g/mol. The van der Waals surface area contributed by atoms with Crippen LogP contribution in [0.15, 0.2) is 30.5 Å². The molecule has 0 radical (unpaired) electrons. The quantitative estimate of drug-likeness (QED) is 0.450. The van der Waals surface area contributed by atoms with Gasteiger partial charge in [0.2, 0.25) is 5.88 Å². The van der Waals surface area contributed by atoms with E-state index in [2.05, 4.69) is 10.00 Å². The molecule has 0 unspecified atom stereocenters. The Morgan fingerprint density at radius 3 is 2.47 bits per heavy atom. The summed E-state index contributed by atoms with van der Waals surface area (Å²) in [5.74, 6) is 0.0316. The molecule has 1 aromatic carbocycles. The maximum absolute atomic E-state index is 11.3. The van der Waals surface area contributed by atoms with Crippen LogP contribution in [0.4, 0.5) is 0 Å². The summed E-state index contributed by atoms with van der Waals surface area (Å²) in [5.41, 5.74) is 0.808. The highest BCUT2D eigenvalue weighted by Gasteiger charge is 2.43. The lowest BCUT2D eigenvalue weighted by molar-refractivity contribution is -0.150. The summed E-state index contributed by atoms with van der Waals surface area (Å²) in [6, 6.07) is 7.12.